The lowest BCUT2D eigenvalue weighted by Crippen LogP contribution is -2.29. The second-order valence-electron chi connectivity index (χ2n) is 4.03. The van der Waals surface area contributed by atoms with Crippen molar-refractivity contribution in [1.29, 1.82) is 0 Å². The molecule has 20 heavy (non-hydrogen) atoms. The summed E-state index contributed by atoms with van der Waals surface area (Å²) in [5.41, 5.74) is 5.58. The molecular formula is C12H16N2O4S2. The van der Waals surface area contributed by atoms with E-state index in [0.29, 0.717) is 5.56 Å². The molecule has 0 radical (unpaired) electrons. The summed E-state index contributed by atoms with van der Waals surface area (Å²) in [5, 5.41) is 0. The monoisotopic (exact) mass is 316 g/mol. The number of hydrogen-bond acceptors (Lipinski definition) is 5. The third-order valence-electron chi connectivity index (χ3n) is 2.27. The molecule has 3 N–H and O–H groups in total. The van der Waals surface area contributed by atoms with Crippen LogP contribution in [-0.4, -0.2) is 41.9 Å². The third-order valence-corrected chi connectivity index (χ3v) is 4.73. The molecule has 0 aromatic heterocycles. The van der Waals surface area contributed by atoms with Gasteiger partial charge in [-0.15, -0.1) is 0 Å². The first-order valence-electron chi connectivity index (χ1n) is 5.71. The molecule has 0 spiro atoms. The highest BCUT2D eigenvalue weighted by Gasteiger charge is 2.17. The summed E-state index contributed by atoms with van der Waals surface area (Å²) in [6, 6.07) is 6.20. The number of sulfone groups is 1. The Kier molecular flexibility index (Phi) is 5.71. The van der Waals surface area contributed by atoms with Crippen LogP contribution in [0.5, 0.6) is 0 Å². The average molecular weight is 316 g/mol. The Bertz CT molecular complexity index is 728. The van der Waals surface area contributed by atoms with Crippen molar-refractivity contribution in [1.82, 2.24) is 4.72 Å². The zero-order valence-corrected chi connectivity index (χ0v) is 12.6. The quantitative estimate of drug-likeness (QED) is 0.700. The van der Waals surface area contributed by atoms with Gasteiger partial charge in [0, 0.05) is 18.4 Å². The molecule has 1 rings (SSSR count). The average Bonchev–Trinajstić information content (AvgIpc) is 2.34. The van der Waals surface area contributed by atoms with Crippen LogP contribution in [0.1, 0.15) is 5.56 Å². The summed E-state index contributed by atoms with van der Waals surface area (Å²) < 4.78 is 48.4. The molecule has 0 fully saturated rings. The van der Waals surface area contributed by atoms with Gasteiger partial charge in [0.25, 0.3) is 0 Å². The van der Waals surface area contributed by atoms with Gasteiger partial charge in [0.2, 0.25) is 10.0 Å². The van der Waals surface area contributed by atoms with E-state index >= 15 is 0 Å². The van der Waals surface area contributed by atoms with Crippen LogP contribution in [0.2, 0.25) is 0 Å². The Hall–Kier alpha value is -1.40. The van der Waals surface area contributed by atoms with Gasteiger partial charge < -0.3 is 5.73 Å². The summed E-state index contributed by atoms with van der Waals surface area (Å²) in [4.78, 5) is 0.00875. The zero-order valence-electron chi connectivity index (χ0n) is 11.0. The molecular weight excluding hydrogens is 300 g/mol. The van der Waals surface area contributed by atoms with Crippen molar-refractivity contribution >= 4 is 19.9 Å². The topological polar surface area (TPSA) is 106 Å². The maximum atomic E-state index is 12.1. The van der Waals surface area contributed by atoms with Crippen LogP contribution < -0.4 is 10.5 Å². The van der Waals surface area contributed by atoms with Crippen LogP contribution in [0.25, 0.3) is 0 Å². The Balaban J connectivity index is 2.98. The fourth-order valence-electron chi connectivity index (χ4n) is 1.39. The molecule has 6 nitrogen and oxygen atoms in total. The Labute approximate surface area is 119 Å². The highest BCUT2D eigenvalue weighted by atomic mass is 32.2. The maximum Gasteiger partial charge on any atom is 0.241 e. The predicted molar refractivity (Wildman–Crippen MR) is 77.3 cm³/mol. The number of nitrogens with one attached hydrogen (secondary N) is 1. The minimum absolute atomic E-state index is 0.00875. The van der Waals surface area contributed by atoms with E-state index in [9.17, 15) is 16.8 Å². The fraction of sp³-hybridized carbons (Fsp3) is 0.333. The number of rotatable bonds is 5. The number of sulfonamides is 1. The van der Waals surface area contributed by atoms with Crippen molar-refractivity contribution in [2.24, 2.45) is 5.73 Å². The molecule has 0 aliphatic heterocycles. The molecule has 0 heterocycles. The SMILES string of the molecule is CS(=O)(=O)CCNS(=O)(=O)c1ccccc1C#CCN. The minimum Gasteiger partial charge on any atom is -0.320 e. The molecule has 1 aromatic carbocycles. The van der Waals surface area contributed by atoms with Crippen molar-refractivity contribution in [3.63, 3.8) is 0 Å². The largest absolute Gasteiger partial charge is 0.320 e. The van der Waals surface area contributed by atoms with E-state index in [1.54, 1.807) is 18.2 Å². The lowest BCUT2D eigenvalue weighted by Gasteiger charge is -2.08. The lowest BCUT2D eigenvalue weighted by molar-refractivity contribution is 0.582. The smallest absolute Gasteiger partial charge is 0.241 e. The van der Waals surface area contributed by atoms with E-state index < -0.39 is 19.9 Å². The standard InChI is InChI=1S/C12H16N2O4S2/c1-19(15,16)10-9-14-20(17,18)12-7-3-2-5-11(12)6-4-8-13/h2-3,5,7,14H,8-10,13H2,1H3. The predicted octanol–water partition coefficient (Wildman–Crippen LogP) is -0.680. The molecule has 0 amide bonds. The first-order chi connectivity index (χ1) is 9.26. The maximum absolute atomic E-state index is 12.1. The van der Waals surface area contributed by atoms with Crippen molar-refractivity contribution in [3.8, 4) is 11.8 Å². The first-order valence-corrected chi connectivity index (χ1v) is 9.26. The van der Waals surface area contributed by atoms with Crippen LogP contribution in [0.15, 0.2) is 29.2 Å². The van der Waals surface area contributed by atoms with Gasteiger partial charge in [-0.05, 0) is 12.1 Å². The van der Waals surface area contributed by atoms with Gasteiger partial charge in [0.1, 0.15) is 9.84 Å². The van der Waals surface area contributed by atoms with Crippen LogP contribution in [-0.2, 0) is 19.9 Å². The normalized spacial score (nSPS) is 11.7. The summed E-state index contributed by atoms with van der Waals surface area (Å²) in [6.07, 6.45) is 1.04. The molecule has 0 saturated heterocycles. The van der Waals surface area contributed by atoms with E-state index in [4.69, 9.17) is 5.73 Å². The molecule has 8 heteroatoms. The molecule has 1 aromatic rings. The minimum atomic E-state index is -3.80. The fourth-order valence-corrected chi connectivity index (χ4v) is 3.18. The van der Waals surface area contributed by atoms with Crippen LogP contribution in [0.4, 0.5) is 0 Å². The molecule has 0 unspecified atom stereocenters. The van der Waals surface area contributed by atoms with Gasteiger partial charge in [0.05, 0.1) is 17.2 Å². The van der Waals surface area contributed by atoms with Crippen molar-refractivity contribution in [3.05, 3.63) is 29.8 Å². The number of benzene rings is 1. The van der Waals surface area contributed by atoms with E-state index in [1.165, 1.54) is 6.07 Å². The lowest BCUT2D eigenvalue weighted by atomic mass is 10.2. The van der Waals surface area contributed by atoms with Gasteiger partial charge >= 0.3 is 0 Å². The first kappa shape index (κ1) is 16.7. The van der Waals surface area contributed by atoms with Gasteiger partial charge in [-0.25, -0.2) is 21.6 Å². The highest BCUT2D eigenvalue weighted by Crippen LogP contribution is 2.13. The van der Waals surface area contributed by atoms with E-state index in [1.807, 2.05) is 0 Å². The zero-order chi connectivity index (χ0) is 15.2. The number of nitrogens with two attached hydrogens (primary N) is 1. The Morgan fingerprint density at radius 2 is 1.85 bits per heavy atom. The van der Waals surface area contributed by atoms with Gasteiger partial charge in [-0.1, -0.05) is 24.0 Å². The van der Waals surface area contributed by atoms with Gasteiger partial charge in [0.15, 0.2) is 0 Å². The van der Waals surface area contributed by atoms with Crippen molar-refractivity contribution < 1.29 is 16.8 Å². The van der Waals surface area contributed by atoms with Crippen molar-refractivity contribution in [2.45, 2.75) is 4.90 Å². The molecule has 0 saturated carbocycles. The summed E-state index contributed by atoms with van der Waals surface area (Å²) in [5.74, 6) is 5.00. The summed E-state index contributed by atoms with van der Waals surface area (Å²) in [7, 11) is -7.03. The third kappa shape index (κ3) is 5.30. The van der Waals surface area contributed by atoms with E-state index in [0.717, 1.165) is 6.26 Å². The van der Waals surface area contributed by atoms with Crippen molar-refractivity contribution in [2.75, 3.05) is 25.1 Å². The molecule has 0 aliphatic rings. The van der Waals surface area contributed by atoms with Gasteiger partial charge in [-0.3, -0.25) is 0 Å². The molecule has 0 bridgehead atoms. The van der Waals surface area contributed by atoms with E-state index in [2.05, 4.69) is 16.6 Å². The molecule has 0 aliphatic carbocycles. The van der Waals surface area contributed by atoms with Gasteiger partial charge in [-0.2, -0.15) is 0 Å². The Morgan fingerprint density at radius 3 is 2.45 bits per heavy atom. The van der Waals surface area contributed by atoms with Crippen LogP contribution in [0, 0.1) is 11.8 Å². The Morgan fingerprint density at radius 1 is 1.20 bits per heavy atom. The number of hydrogen-bond donors (Lipinski definition) is 2. The van der Waals surface area contributed by atoms with E-state index in [-0.39, 0.29) is 23.7 Å². The second kappa shape index (κ2) is 6.85. The summed E-state index contributed by atoms with van der Waals surface area (Å²) >= 11 is 0. The highest BCUT2D eigenvalue weighted by molar-refractivity contribution is 7.91. The molecule has 110 valence electrons. The van der Waals surface area contributed by atoms with Crippen LogP contribution >= 0.6 is 0 Å². The van der Waals surface area contributed by atoms with Crippen LogP contribution in [0.3, 0.4) is 0 Å². The second-order valence-corrected chi connectivity index (χ2v) is 8.02. The summed E-state index contributed by atoms with van der Waals surface area (Å²) in [6.45, 7) is -0.0598. The molecule has 0 atom stereocenters.